The van der Waals surface area contributed by atoms with E-state index in [0.29, 0.717) is 17.2 Å². The van der Waals surface area contributed by atoms with E-state index in [1.807, 2.05) is 55.4 Å². The van der Waals surface area contributed by atoms with Crippen LogP contribution < -0.4 is 19.1 Å². The first kappa shape index (κ1) is 18.3. The summed E-state index contributed by atoms with van der Waals surface area (Å²) in [7, 11) is 8.73. The van der Waals surface area contributed by atoms with Crippen LogP contribution in [0.5, 0.6) is 17.2 Å². The molecule has 0 heterocycles. The highest BCUT2D eigenvalue weighted by Gasteiger charge is 2.12. The Morgan fingerprint density at radius 2 is 1.28 bits per heavy atom. The zero-order valence-electron chi connectivity index (χ0n) is 15.2. The van der Waals surface area contributed by atoms with Crippen molar-refractivity contribution in [1.29, 1.82) is 0 Å². The molecule has 2 rings (SSSR count). The minimum absolute atomic E-state index is 0.548. The Hall–Kier alpha value is -3.02. The summed E-state index contributed by atoms with van der Waals surface area (Å²) in [5.74, 6) is 1.70. The normalized spacial score (nSPS) is 11.1. The first-order chi connectivity index (χ1) is 12.1. The van der Waals surface area contributed by atoms with E-state index >= 15 is 0 Å². The summed E-state index contributed by atoms with van der Waals surface area (Å²) < 4.78 is 15.9. The molecule has 0 aliphatic rings. The number of hydrogen-bond acceptors (Lipinski definition) is 6. The molecule has 0 unspecified atom stereocenters. The third-order valence-corrected chi connectivity index (χ3v) is 3.58. The van der Waals surface area contributed by atoms with Gasteiger partial charge in [-0.1, -0.05) is 12.1 Å². The van der Waals surface area contributed by atoms with E-state index in [1.165, 1.54) is 0 Å². The first-order valence-corrected chi connectivity index (χ1v) is 7.72. The summed E-state index contributed by atoms with van der Waals surface area (Å²) in [4.78, 5) is 2.05. The van der Waals surface area contributed by atoms with Crippen molar-refractivity contribution in [2.45, 2.75) is 0 Å². The fourth-order valence-electron chi connectivity index (χ4n) is 2.23. The van der Waals surface area contributed by atoms with Crippen molar-refractivity contribution in [3.05, 3.63) is 47.5 Å². The summed E-state index contributed by atoms with van der Waals surface area (Å²) in [6.07, 6.45) is 3.34. The van der Waals surface area contributed by atoms with E-state index in [0.717, 1.165) is 16.8 Å². The van der Waals surface area contributed by atoms with Gasteiger partial charge < -0.3 is 19.1 Å². The molecule has 0 atom stereocenters. The van der Waals surface area contributed by atoms with Gasteiger partial charge in [0.25, 0.3) is 0 Å². The smallest absolute Gasteiger partial charge is 0.203 e. The zero-order valence-corrected chi connectivity index (χ0v) is 15.2. The van der Waals surface area contributed by atoms with Crippen molar-refractivity contribution in [1.82, 2.24) is 0 Å². The molecule has 25 heavy (non-hydrogen) atoms. The molecule has 2 aromatic rings. The highest BCUT2D eigenvalue weighted by molar-refractivity contribution is 5.84. The fourth-order valence-corrected chi connectivity index (χ4v) is 2.23. The number of rotatable bonds is 7. The van der Waals surface area contributed by atoms with Gasteiger partial charge in [0, 0.05) is 25.3 Å². The van der Waals surface area contributed by atoms with Crippen LogP contribution >= 0.6 is 0 Å². The third-order valence-electron chi connectivity index (χ3n) is 3.58. The quantitative estimate of drug-likeness (QED) is 0.573. The van der Waals surface area contributed by atoms with Gasteiger partial charge >= 0.3 is 0 Å². The van der Waals surface area contributed by atoms with Crippen LogP contribution in [0.3, 0.4) is 0 Å². The SMILES string of the molecule is COc1cc(/C=N\N=C/c2ccc(N(C)C)cc2)cc(OC)c1OC. The Labute approximate surface area is 148 Å². The van der Waals surface area contributed by atoms with E-state index in [1.54, 1.807) is 33.8 Å². The van der Waals surface area contributed by atoms with Crippen LogP contribution in [0.15, 0.2) is 46.6 Å². The average Bonchev–Trinajstić information content (AvgIpc) is 2.64. The Balaban J connectivity index is 2.13. The highest BCUT2D eigenvalue weighted by atomic mass is 16.5. The molecule has 0 fully saturated rings. The molecule has 0 aromatic heterocycles. The van der Waals surface area contributed by atoms with Crippen LogP contribution in [0.4, 0.5) is 5.69 Å². The van der Waals surface area contributed by atoms with E-state index < -0.39 is 0 Å². The predicted octanol–water partition coefficient (Wildman–Crippen LogP) is 3.23. The van der Waals surface area contributed by atoms with Gasteiger partial charge in [-0.3, -0.25) is 0 Å². The molecule has 2 aromatic carbocycles. The maximum atomic E-state index is 5.32. The van der Waals surface area contributed by atoms with Crippen LogP contribution in [-0.4, -0.2) is 47.9 Å². The van der Waals surface area contributed by atoms with Crippen molar-refractivity contribution in [3.63, 3.8) is 0 Å². The molecular weight excluding hydrogens is 318 g/mol. The molecule has 0 aliphatic heterocycles. The largest absolute Gasteiger partial charge is 0.493 e. The van der Waals surface area contributed by atoms with E-state index in [-0.39, 0.29) is 0 Å². The second-order valence-electron chi connectivity index (χ2n) is 5.43. The van der Waals surface area contributed by atoms with Gasteiger partial charge in [-0.2, -0.15) is 10.2 Å². The van der Waals surface area contributed by atoms with Crippen LogP contribution in [0.25, 0.3) is 0 Å². The van der Waals surface area contributed by atoms with Gasteiger partial charge in [0.15, 0.2) is 11.5 Å². The number of benzene rings is 2. The zero-order chi connectivity index (χ0) is 18.2. The van der Waals surface area contributed by atoms with Crippen LogP contribution in [0.2, 0.25) is 0 Å². The summed E-state index contributed by atoms with van der Waals surface area (Å²) in [6.45, 7) is 0. The standard InChI is InChI=1S/C19H23N3O3/c1-22(2)16-8-6-14(7-9-16)12-20-21-13-15-10-17(23-3)19(25-5)18(11-15)24-4/h6-13H,1-5H3/b20-12-,21-13-. The first-order valence-electron chi connectivity index (χ1n) is 7.72. The minimum Gasteiger partial charge on any atom is -0.493 e. The maximum Gasteiger partial charge on any atom is 0.203 e. The molecule has 0 aliphatic carbocycles. The summed E-state index contributed by atoms with van der Waals surface area (Å²) in [5.41, 5.74) is 2.92. The molecular formula is C19H23N3O3. The molecule has 0 saturated carbocycles. The Morgan fingerprint density at radius 3 is 1.72 bits per heavy atom. The van der Waals surface area contributed by atoms with E-state index in [2.05, 4.69) is 10.2 Å². The van der Waals surface area contributed by atoms with Gasteiger partial charge in [-0.25, -0.2) is 0 Å². The Kier molecular flexibility index (Phi) is 6.39. The topological polar surface area (TPSA) is 55.7 Å². The summed E-state index contributed by atoms with van der Waals surface area (Å²) >= 11 is 0. The molecule has 6 nitrogen and oxygen atoms in total. The molecule has 132 valence electrons. The lowest BCUT2D eigenvalue weighted by molar-refractivity contribution is 0.324. The lowest BCUT2D eigenvalue weighted by Gasteiger charge is -2.12. The highest BCUT2D eigenvalue weighted by Crippen LogP contribution is 2.37. The lowest BCUT2D eigenvalue weighted by Crippen LogP contribution is -2.08. The number of nitrogens with zero attached hydrogens (tertiary/aromatic N) is 3. The summed E-state index contributed by atoms with van der Waals surface area (Å²) in [6, 6.07) is 11.7. The molecule has 6 heteroatoms. The van der Waals surface area contributed by atoms with E-state index in [9.17, 15) is 0 Å². The number of anilines is 1. The van der Waals surface area contributed by atoms with Gasteiger partial charge in [-0.15, -0.1) is 0 Å². The third kappa shape index (κ3) is 4.73. The molecule has 0 saturated heterocycles. The van der Waals surface area contributed by atoms with Crippen LogP contribution in [-0.2, 0) is 0 Å². The second-order valence-corrected chi connectivity index (χ2v) is 5.43. The van der Waals surface area contributed by atoms with Crippen molar-refractivity contribution in [3.8, 4) is 17.2 Å². The number of hydrogen-bond donors (Lipinski definition) is 0. The average molecular weight is 341 g/mol. The fraction of sp³-hybridized carbons (Fsp3) is 0.263. The van der Waals surface area contributed by atoms with Crippen molar-refractivity contribution in [2.24, 2.45) is 10.2 Å². The molecule has 0 N–H and O–H groups in total. The van der Waals surface area contributed by atoms with Crippen LogP contribution in [0, 0.1) is 0 Å². The number of methoxy groups -OCH3 is 3. The summed E-state index contributed by atoms with van der Waals surface area (Å²) in [5, 5.41) is 8.17. The van der Waals surface area contributed by atoms with Gasteiger partial charge in [0.2, 0.25) is 5.75 Å². The van der Waals surface area contributed by atoms with E-state index in [4.69, 9.17) is 14.2 Å². The molecule has 0 amide bonds. The van der Waals surface area contributed by atoms with Crippen molar-refractivity contribution in [2.75, 3.05) is 40.3 Å². The number of ether oxygens (including phenoxy) is 3. The Morgan fingerprint density at radius 1 is 0.760 bits per heavy atom. The lowest BCUT2D eigenvalue weighted by atomic mass is 10.2. The van der Waals surface area contributed by atoms with Crippen molar-refractivity contribution >= 4 is 18.1 Å². The molecule has 0 radical (unpaired) electrons. The van der Waals surface area contributed by atoms with Gasteiger partial charge in [0.1, 0.15) is 0 Å². The predicted molar refractivity (Wildman–Crippen MR) is 102 cm³/mol. The molecule has 0 spiro atoms. The second kappa shape index (κ2) is 8.73. The van der Waals surface area contributed by atoms with Crippen molar-refractivity contribution < 1.29 is 14.2 Å². The Bertz CT molecular complexity index is 728. The van der Waals surface area contributed by atoms with Gasteiger partial charge in [-0.05, 0) is 29.8 Å². The monoisotopic (exact) mass is 341 g/mol. The molecule has 0 bridgehead atoms. The van der Waals surface area contributed by atoms with Crippen LogP contribution in [0.1, 0.15) is 11.1 Å². The van der Waals surface area contributed by atoms with Gasteiger partial charge in [0.05, 0.1) is 33.8 Å². The minimum atomic E-state index is 0.548. The maximum absolute atomic E-state index is 5.32.